The van der Waals surface area contributed by atoms with E-state index in [9.17, 15) is 4.79 Å². The van der Waals surface area contributed by atoms with Gasteiger partial charge in [0.05, 0.1) is 0 Å². The molecular formula is C24H23NO3. The Balaban J connectivity index is 1.23. The van der Waals surface area contributed by atoms with Crippen LogP contribution in [-0.4, -0.2) is 29.9 Å². The van der Waals surface area contributed by atoms with Crippen LogP contribution in [0, 0.1) is 0 Å². The molecule has 1 aliphatic rings. The fraction of sp³-hybridized carbons (Fsp3) is 0.208. The molecule has 3 aromatic carbocycles. The van der Waals surface area contributed by atoms with Crippen molar-refractivity contribution < 1.29 is 14.3 Å². The van der Waals surface area contributed by atoms with Crippen molar-refractivity contribution in [2.45, 2.75) is 19.6 Å². The average Bonchev–Trinajstić information content (AvgIpc) is 2.69. The third-order valence-electron chi connectivity index (χ3n) is 4.80. The van der Waals surface area contributed by atoms with E-state index in [1.165, 1.54) is 5.56 Å². The molecule has 28 heavy (non-hydrogen) atoms. The summed E-state index contributed by atoms with van der Waals surface area (Å²) in [5.74, 6) is 2.57. The molecule has 0 bridgehead atoms. The van der Waals surface area contributed by atoms with Gasteiger partial charge in [-0.15, -0.1) is 0 Å². The standard InChI is InChI=1S/C24H23NO3/c1-18(26)20-9-13-23(14-10-20)28-24-16-25(17-24)15-19-7-11-22(12-8-19)27-21-5-3-2-4-6-21/h2-14,24H,15-17H2,1H3. The Labute approximate surface area is 165 Å². The zero-order valence-corrected chi connectivity index (χ0v) is 15.9. The molecule has 1 aliphatic heterocycles. The van der Waals surface area contributed by atoms with E-state index >= 15 is 0 Å². The zero-order chi connectivity index (χ0) is 19.3. The van der Waals surface area contributed by atoms with Gasteiger partial charge in [-0.05, 0) is 61.0 Å². The summed E-state index contributed by atoms with van der Waals surface area (Å²) in [5, 5.41) is 0. The van der Waals surface area contributed by atoms with Gasteiger partial charge in [-0.25, -0.2) is 0 Å². The monoisotopic (exact) mass is 373 g/mol. The molecule has 1 saturated heterocycles. The molecule has 0 amide bonds. The SMILES string of the molecule is CC(=O)c1ccc(OC2CN(Cc3ccc(Oc4ccccc4)cc3)C2)cc1. The highest BCUT2D eigenvalue weighted by atomic mass is 16.5. The molecule has 1 fully saturated rings. The molecule has 1 heterocycles. The summed E-state index contributed by atoms with van der Waals surface area (Å²) < 4.78 is 11.8. The Bertz CT molecular complexity index is 914. The van der Waals surface area contributed by atoms with Gasteiger partial charge in [0, 0.05) is 25.2 Å². The van der Waals surface area contributed by atoms with Crippen molar-refractivity contribution in [1.82, 2.24) is 4.90 Å². The highest BCUT2D eigenvalue weighted by molar-refractivity contribution is 5.94. The lowest BCUT2D eigenvalue weighted by Gasteiger charge is -2.39. The number of carbonyl (C=O) groups is 1. The van der Waals surface area contributed by atoms with E-state index in [1.807, 2.05) is 66.7 Å². The number of nitrogens with zero attached hydrogens (tertiary/aromatic N) is 1. The van der Waals surface area contributed by atoms with Crippen molar-refractivity contribution in [1.29, 1.82) is 0 Å². The summed E-state index contributed by atoms with van der Waals surface area (Å²) in [6.07, 6.45) is 0.198. The fourth-order valence-corrected chi connectivity index (χ4v) is 3.23. The van der Waals surface area contributed by atoms with Crippen LogP contribution in [-0.2, 0) is 6.54 Å². The third-order valence-corrected chi connectivity index (χ3v) is 4.80. The van der Waals surface area contributed by atoms with Crippen LogP contribution in [0.3, 0.4) is 0 Å². The van der Waals surface area contributed by atoms with E-state index in [4.69, 9.17) is 9.47 Å². The van der Waals surface area contributed by atoms with Crippen molar-refractivity contribution in [2.75, 3.05) is 13.1 Å². The second kappa shape index (κ2) is 8.28. The summed E-state index contributed by atoms with van der Waals surface area (Å²) in [4.78, 5) is 13.7. The smallest absolute Gasteiger partial charge is 0.159 e. The van der Waals surface area contributed by atoms with Crippen LogP contribution >= 0.6 is 0 Å². The number of para-hydroxylation sites is 1. The van der Waals surface area contributed by atoms with Crippen molar-refractivity contribution in [3.63, 3.8) is 0 Å². The number of carbonyl (C=O) groups excluding carboxylic acids is 1. The van der Waals surface area contributed by atoms with Crippen LogP contribution in [0.15, 0.2) is 78.9 Å². The molecule has 4 heteroatoms. The maximum atomic E-state index is 11.3. The van der Waals surface area contributed by atoms with Gasteiger partial charge in [-0.3, -0.25) is 9.69 Å². The van der Waals surface area contributed by atoms with Crippen LogP contribution in [0.5, 0.6) is 17.2 Å². The highest BCUT2D eigenvalue weighted by Gasteiger charge is 2.28. The van der Waals surface area contributed by atoms with Crippen LogP contribution in [0.4, 0.5) is 0 Å². The maximum absolute atomic E-state index is 11.3. The predicted molar refractivity (Wildman–Crippen MR) is 109 cm³/mol. The van der Waals surface area contributed by atoms with Crippen LogP contribution < -0.4 is 9.47 Å². The number of ether oxygens (including phenoxy) is 2. The average molecular weight is 373 g/mol. The van der Waals surface area contributed by atoms with Crippen molar-refractivity contribution in [3.05, 3.63) is 90.0 Å². The Morgan fingerprint density at radius 1 is 0.857 bits per heavy atom. The van der Waals surface area contributed by atoms with Gasteiger partial charge in [0.2, 0.25) is 0 Å². The van der Waals surface area contributed by atoms with Gasteiger partial charge in [0.15, 0.2) is 5.78 Å². The zero-order valence-electron chi connectivity index (χ0n) is 15.9. The Morgan fingerprint density at radius 3 is 2.11 bits per heavy atom. The molecule has 0 saturated carbocycles. The normalized spacial score (nSPS) is 14.3. The summed E-state index contributed by atoms with van der Waals surface area (Å²) in [5.41, 5.74) is 1.96. The predicted octanol–water partition coefficient (Wildman–Crippen LogP) is 4.94. The van der Waals surface area contributed by atoms with Crippen LogP contribution in [0.25, 0.3) is 0 Å². The van der Waals surface area contributed by atoms with E-state index in [0.29, 0.717) is 5.56 Å². The molecule has 4 nitrogen and oxygen atoms in total. The molecule has 0 radical (unpaired) electrons. The number of benzene rings is 3. The molecule has 0 aliphatic carbocycles. The summed E-state index contributed by atoms with van der Waals surface area (Å²) in [6.45, 7) is 4.27. The van der Waals surface area contributed by atoms with Gasteiger partial charge < -0.3 is 9.47 Å². The highest BCUT2D eigenvalue weighted by Crippen LogP contribution is 2.24. The molecule has 3 aromatic rings. The first kappa shape index (κ1) is 18.3. The molecular weight excluding hydrogens is 350 g/mol. The lowest BCUT2D eigenvalue weighted by atomic mass is 10.1. The number of Topliss-reactive ketones (excluding diaryl/α,β-unsaturated/α-hetero) is 1. The van der Waals surface area contributed by atoms with Crippen molar-refractivity contribution >= 4 is 5.78 Å². The van der Waals surface area contributed by atoms with Gasteiger partial charge in [-0.2, -0.15) is 0 Å². The number of hydrogen-bond donors (Lipinski definition) is 0. The summed E-state index contributed by atoms with van der Waals surface area (Å²) in [7, 11) is 0. The Kier molecular flexibility index (Phi) is 5.40. The van der Waals surface area contributed by atoms with Gasteiger partial charge in [0.25, 0.3) is 0 Å². The third kappa shape index (κ3) is 4.59. The lowest BCUT2D eigenvalue weighted by Crippen LogP contribution is -2.53. The number of rotatable bonds is 7. The maximum Gasteiger partial charge on any atom is 0.159 e. The first-order chi connectivity index (χ1) is 13.7. The molecule has 0 unspecified atom stereocenters. The number of ketones is 1. The Morgan fingerprint density at radius 2 is 1.46 bits per heavy atom. The molecule has 0 aromatic heterocycles. The summed E-state index contributed by atoms with van der Waals surface area (Å²) >= 11 is 0. The molecule has 0 N–H and O–H groups in total. The summed E-state index contributed by atoms with van der Waals surface area (Å²) in [6, 6.07) is 25.4. The first-order valence-corrected chi connectivity index (χ1v) is 9.47. The fourth-order valence-electron chi connectivity index (χ4n) is 3.23. The molecule has 4 rings (SSSR count). The first-order valence-electron chi connectivity index (χ1n) is 9.47. The molecule has 0 atom stereocenters. The van der Waals surface area contributed by atoms with E-state index in [1.54, 1.807) is 6.92 Å². The van der Waals surface area contributed by atoms with Crippen LogP contribution in [0.2, 0.25) is 0 Å². The van der Waals surface area contributed by atoms with Gasteiger partial charge >= 0.3 is 0 Å². The second-order valence-corrected chi connectivity index (χ2v) is 7.07. The van der Waals surface area contributed by atoms with E-state index in [2.05, 4.69) is 17.0 Å². The minimum Gasteiger partial charge on any atom is -0.488 e. The minimum absolute atomic E-state index is 0.0709. The quantitative estimate of drug-likeness (QED) is 0.550. The second-order valence-electron chi connectivity index (χ2n) is 7.07. The van der Waals surface area contributed by atoms with E-state index in [0.717, 1.165) is 36.9 Å². The van der Waals surface area contributed by atoms with Crippen molar-refractivity contribution in [3.8, 4) is 17.2 Å². The molecule has 0 spiro atoms. The van der Waals surface area contributed by atoms with E-state index < -0.39 is 0 Å². The minimum atomic E-state index is 0.0709. The molecule has 142 valence electrons. The topological polar surface area (TPSA) is 38.8 Å². The van der Waals surface area contributed by atoms with E-state index in [-0.39, 0.29) is 11.9 Å². The number of hydrogen-bond acceptors (Lipinski definition) is 4. The lowest BCUT2D eigenvalue weighted by molar-refractivity contribution is 0.0146. The number of likely N-dealkylation sites (tertiary alicyclic amines) is 1. The Hall–Kier alpha value is -3.11. The largest absolute Gasteiger partial charge is 0.488 e. The van der Waals surface area contributed by atoms with Gasteiger partial charge in [-0.1, -0.05) is 30.3 Å². The van der Waals surface area contributed by atoms with Gasteiger partial charge in [0.1, 0.15) is 23.4 Å². The van der Waals surface area contributed by atoms with Crippen LogP contribution in [0.1, 0.15) is 22.8 Å². The van der Waals surface area contributed by atoms with Crippen molar-refractivity contribution in [2.24, 2.45) is 0 Å².